The minimum atomic E-state index is 0.568. The SMILES string of the molecule is c1ccc(-c2cc(-c3ccccc3)cc(-c3nc(-c4ccccc4)nc(-c4cccc5oc6cc(-c7nc8ccccc8n7-c7ccccc7)ccc6c45)n3)c2)cc1. The summed E-state index contributed by atoms with van der Waals surface area (Å²) in [4.78, 5) is 20.7. The number of imidazole rings is 1. The van der Waals surface area contributed by atoms with Crippen molar-refractivity contribution < 1.29 is 4.42 Å². The smallest absolute Gasteiger partial charge is 0.164 e. The molecule has 6 heteroatoms. The van der Waals surface area contributed by atoms with Gasteiger partial charge in [-0.1, -0.05) is 140 Å². The van der Waals surface area contributed by atoms with Gasteiger partial charge in [0.15, 0.2) is 17.5 Å². The molecule has 11 rings (SSSR count). The fraction of sp³-hybridized carbons (Fsp3) is 0. The highest BCUT2D eigenvalue weighted by molar-refractivity contribution is 6.12. The van der Waals surface area contributed by atoms with Gasteiger partial charge in [-0.05, 0) is 82.9 Å². The average Bonchev–Trinajstić information content (AvgIpc) is 3.89. The Morgan fingerprint density at radius 3 is 1.62 bits per heavy atom. The molecule has 8 aromatic carbocycles. The maximum Gasteiger partial charge on any atom is 0.164 e. The van der Waals surface area contributed by atoms with Crippen LogP contribution in [0.1, 0.15) is 0 Å². The van der Waals surface area contributed by atoms with E-state index in [1.807, 2.05) is 66.7 Å². The molecule has 272 valence electrons. The molecule has 0 unspecified atom stereocenters. The summed E-state index contributed by atoms with van der Waals surface area (Å²) in [7, 11) is 0. The van der Waals surface area contributed by atoms with Crippen molar-refractivity contribution in [2.24, 2.45) is 0 Å². The van der Waals surface area contributed by atoms with Gasteiger partial charge in [-0.25, -0.2) is 19.9 Å². The minimum absolute atomic E-state index is 0.568. The van der Waals surface area contributed by atoms with E-state index in [2.05, 4.69) is 138 Å². The molecule has 0 amide bonds. The molecule has 0 saturated carbocycles. The van der Waals surface area contributed by atoms with E-state index in [0.29, 0.717) is 17.5 Å². The summed E-state index contributed by atoms with van der Waals surface area (Å²) >= 11 is 0. The minimum Gasteiger partial charge on any atom is -0.456 e. The van der Waals surface area contributed by atoms with Gasteiger partial charge in [-0.3, -0.25) is 4.57 Å². The first-order valence-corrected chi connectivity index (χ1v) is 19.3. The number of furan rings is 1. The Morgan fingerprint density at radius 1 is 0.362 bits per heavy atom. The molecule has 58 heavy (non-hydrogen) atoms. The van der Waals surface area contributed by atoms with Crippen LogP contribution in [0.5, 0.6) is 0 Å². The summed E-state index contributed by atoms with van der Waals surface area (Å²) in [5.41, 5.74) is 12.6. The molecule has 0 fully saturated rings. The molecule has 0 aliphatic carbocycles. The molecule has 0 radical (unpaired) electrons. The standard InChI is InChI=1S/C52H33N5O/c1-5-16-34(17-6-1)38-30-39(35-18-7-2-8-19-35)32-40(31-38)50-54-49(36-20-9-3-10-21-36)55-51(56-50)43-24-15-27-46-48(43)42-29-28-37(33-47(42)58-46)52-53-44-25-13-14-26-45(44)57(52)41-22-11-4-12-23-41/h1-33H. The summed E-state index contributed by atoms with van der Waals surface area (Å²) in [5.74, 6) is 2.60. The van der Waals surface area contributed by atoms with Gasteiger partial charge < -0.3 is 4.42 Å². The molecule has 3 heterocycles. The first kappa shape index (κ1) is 33.4. The second-order valence-corrected chi connectivity index (χ2v) is 14.3. The second-order valence-electron chi connectivity index (χ2n) is 14.3. The monoisotopic (exact) mass is 743 g/mol. The number of fused-ring (bicyclic) bond motifs is 4. The average molecular weight is 744 g/mol. The van der Waals surface area contributed by atoms with E-state index in [1.54, 1.807) is 0 Å². The third-order valence-corrected chi connectivity index (χ3v) is 10.6. The van der Waals surface area contributed by atoms with Gasteiger partial charge in [0.2, 0.25) is 0 Å². The number of benzene rings is 8. The van der Waals surface area contributed by atoms with Crippen molar-refractivity contribution in [3.63, 3.8) is 0 Å². The lowest BCUT2D eigenvalue weighted by Gasteiger charge is -2.13. The van der Waals surface area contributed by atoms with Gasteiger partial charge in [0.1, 0.15) is 17.0 Å². The van der Waals surface area contributed by atoms with Crippen LogP contribution in [-0.2, 0) is 0 Å². The lowest BCUT2D eigenvalue weighted by molar-refractivity contribution is 0.669. The predicted molar refractivity (Wildman–Crippen MR) is 234 cm³/mol. The molecule has 0 aliphatic rings. The molecule has 6 nitrogen and oxygen atoms in total. The van der Waals surface area contributed by atoms with Gasteiger partial charge in [-0.15, -0.1) is 0 Å². The van der Waals surface area contributed by atoms with Crippen molar-refractivity contribution in [3.05, 3.63) is 200 Å². The van der Waals surface area contributed by atoms with Crippen molar-refractivity contribution in [1.82, 2.24) is 24.5 Å². The van der Waals surface area contributed by atoms with Crippen molar-refractivity contribution in [2.75, 3.05) is 0 Å². The molecule has 3 aromatic heterocycles. The van der Waals surface area contributed by atoms with Gasteiger partial charge in [-0.2, -0.15) is 0 Å². The molecule has 0 bridgehead atoms. The van der Waals surface area contributed by atoms with E-state index in [4.69, 9.17) is 24.4 Å². The Balaban J connectivity index is 1.10. The summed E-state index contributed by atoms with van der Waals surface area (Å²) < 4.78 is 8.85. The van der Waals surface area contributed by atoms with E-state index < -0.39 is 0 Å². The largest absolute Gasteiger partial charge is 0.456 e. The fourth-order valence-corrected chi connectivity index (χ4v) is 7.90. The highest BCUT2D eigenvalue weighted by Crippen LogP contribution is 2.40. The van der Waals surface area contributed by atoms with Crippen LogP contribution in [0.25, 0.3) is 106 Å². The summed E-state index contributed by atoms with van der Waals surface area (Å²) in [5, 5.41) is 1.91. The number of hydrogen-bond donors (Lipinski definition) is 0. The maximum absolute atomic E-state index is 6.65. The van der Waals surface area contributed by atoms with Crippen LogP contribution < -0.4 is 0 Å². The number of rotatable bonds is 7. The van der Waals surface area contributed by atoms with Crippen LogP contribution in [0.15, 0.2) is 205 Å². The zero-order valence-corrected chi connectivity index (χ0v) is 31.2. The topological polar surface area (TPSA) is 69.6 Å². The molecule has 11 aromatic rings. The van der Waals surface area contributed by atoms with Crippen LogP contribution in [0.3, 0.4) is 0 Å². The van der Waals surface area contributed by atoms with Gasteiger partial charge in [0.05, 0.1) is 11.0 Å². The van der Waals surface area contributed by atoms with Gasteiger partial charge >= 0.3 is 0 Å². The van der Waals surface area contributed by atoms with Crippen LogP contribution in [0.2, 0.25) is 0 Å². The third-order valence-electron chi connectivity index (χ3n) is 10.6. The van der Waals surface area contributed by atoms with Crippen LogP contribution in [-0.4, -0.2) is 24.5 Å². The van der Waals surface area contributed by atoms with Crippen LogP contribution >= 0.6 is 0 Å². The van der Waals surface area contributed by atoms with Crippen molar-refractivity contribution >= 4 is 33.0 Å². The Labute approximate surface area is 334 Å². The van der Waals surface area contributed by atoms with Gasteiger partial charge in [0, 0.05) is 38.7 Å². The number of nitrogens with zero attached hydrogens (tertiary/aromatic N) is 5. The zero-order valence-electron chi connectivity index (χ0n) is 31.2. The Bertz CT molecular complexity index is 3210. The predicted octanol–water partition coefficient (Wildman–Crippen LogP) is 13.1. The van der Waals surface area contributed by atoms with E-state index >= 15 is 0 Å². The maximum atomic E-state index is 6.65. The van der Waals surface area contributed by atoms with Crippen molar-refractivity contribution in [3.8, 4) is 73.5 Å². The number of aromatic nitrogens is 5. The molecule has 0 saturated heterocycles. The lowest BCUT2D eigenvalue weighted by atomic mass is 9.96. The highest BCUT2D eigenvalue weighted by atomic mass is 16.3. The van der Waals surface area contributed by atoms with E-state index in [0.717, 1.165) is 89.0 Å². The first-order chi connectivity index (χ1) is 28.7. The van der Waals surface area contributed by atoms with Gasteiger partial charge in [0.25, 0.3) is 0 Å². The number of hydrogen-bond acceptors (Lipinski definition) is 5. The first-order valence-electron chi connectivity index (χ1n) is 19.3. The van der Waals surface area contributed by atoms with E-state index in [-0.39, 0.29) is 0 Å². The Hall–Kier alpha value is -7.96. The van der Waals surface area contributed by atoms with Crippen LogP contribution in [0.4, 0.5) is 0 Å². The zero-order chi connectivity index (χ0) is 38.4. The normalized spacial score (nSPS) is 11.4. The Kier molecular flexibility index (Phi) is 8.04. The molecule has 0 aliphatic heterocycles. The lowest BCUT2D eigenvalue weighted by Crippen LogP contribution is -2.01. The highest BCUT2D eigenvalue weighted by Gasteiger charge is 2.21. The van der Waals surface area contributed by atoms with Crippen molar-refractivity contribution in [1.29, 1.82) is 0 Å². The molecular weight excluding hydrogens is 711 g/mol. The molecule has 0 N–H and O–H groups in total. The van der Waals surface area contributed by atoms with Crippen LogP contribution in [0, 0.1) is 0 Å². The third kappa shape index (κ3) is 5.92. The second kappa shape index (κ2) is 14.0. The molecular formula is C52H33N5O. The quantitative estimate of drug-likeness (QED) is 0.163. The summed E-state index contributed by atoms with van der Waals surface area (Å²) in [6, 6.07) is 68.6. The van der Waals surface area contributed by atoms with E-state index in [1.165, 1.54) is 0 Å². The molecule has 0 spiro atoms. The van der Waals surface area contributed by atoms with E-state index in [9.17, 15) is 0 Å². The Morgan fingerprint density at radius 2 is 0.931 bits per heavy atom. The summed E-state index contributed by atoms with van der Waals surface area (Å²) in [6.07, 6.45) is 0. The van der Waals surface area contributed by atoms with Crippen molar-refractivity contribution in [2.45, 2.75) is 0 Å². The summed E-state index contributed by atoms with van der Waals surface area (Å²) in [6.45, 7) is 0. The fourth-order valence-electron chi connectivity index (χ4n) is 7.90. The number of para-hydroxylation sites is 3. The molecule has 0 atom stereocenters.